The maximum Gasteiger partial charge on any atom is 0.244 e. The van der Waals surface area contributed by atoms with Gasteiger partial charge in [-0.05, 0) is 57.7 Å². The summed E-state index contributed by atoms with van der Waals surface area (Å²) in [5.74, 6) is 0.791. The maximum absolute atomic E-state index is 12.6. The summed E-state index contributed by atoms with van der Waals surface area (Å²) in [7, 11) is 0. The van der Waals surface area contributed by atoms with Gasteiger partial charge >= 0.3 is 0 Å². The Hall–Kier alpha value is -2.23. The number of furan rings is 1. The average molecular weight is 370 g/mol. The minimum atomic E-state index is -0.0106. The molecule has 2 aromatic rings. The number of carbonyl (C=O) groups is 1. The predicted octanol–water partition coefficient (Wildman–Crippen LogP) is 5.69. The summed E-state index contributed by atoms with van der Waals surface area (Å²) < 4.78 is 11.6. The topological polar surface area (TPSA) is 51.5 Å². The molecule has 1 aromatic heterocycles. The fraction of sp³-hybridized carbons (Fsp3) is 0.522. The van der Waals surface area contributed by atoms with E-state index in [2.05, 4.69) is 11.4 Å². The molecule has 1 amide bonds. The first kappa shape index (κ1) is 19.5. The van der Waals surface area contributed by atoms with Crippen LogP contribution in [-0.4, -0.2) is 18.6 Å². The van der Waals surface area contributed by atoms with Crippen molar-refractivity contribution in [2.24, 2.45) is 0 Å². The fourth-order valence-electron chi connectivity index (χ4n) is 4.00. The average Bonchev–Trinajstić information content (AvgIpc) is 2.83. The van der Waals surface area contributed by atoms with Crippen molar-refractivity contribution in [1.29, 1.82) is 0 Å². The van der Waals surface area contributed by atoms with Crippen LogP contribution in [-0.2, 0) is 4.79 Å². The quantitative estimate of drug-likeness (QED) is 0.544. The van der Waals surface area contributed by atoms with E-state index in [4.69, 9.17) is 9.15 Å². The summed E-state index contributed by atoms with van der Waals surface area (Å²) >= 11 is 0. The van der Waals surface area contributed by atoms with Crippen LogP contribution in [0.2, 0.25) is 0 Å². The number of hydrogen-bond donors (Lipinski definition) is 1. The molecule has 1 aliphatic carbocycles. The Kier molecular flexibility index (Phi) is 6.25. The highest BCUT2D eigenvalue weighted by molar-refractivity contribution is 5.98. The molecule has 4 heteroatoms. The zero-order valence-corrected chi connectivity index (χ0v) is 17.0. The summed E-state index contributed by atoms with van der Waals surface area (Å²) in [5.41, 5.74) is 4.80. The predicted molar refractivity (Wildman–Crippen MR) is 110 cm³/mol. The Morgan fingerprint density at radius 3 is 2.63 bits per heavy atom. The summed E-state index contributed by atoms with van der Waals surface area (Å²) in [5, 5.41) is 4.27. The van der Waals surface area contributed by atoms with Crippen LogP contribution in [0.15, 0.2) is 22.8 Å². The molecular weight excluding hydrogens is 338 g/mol. The van der Waals surface area contributed by atoms with Crippen LogP contribution in [0.3, 0.4) is 0 Å². The van der Waals surface area contributed by atoms with E-state index in [0.29, 0.717) is 12.6 Å². The molecule has 0 saturated heterocycles. The molecule has 4 nitrogen and oxygen atoms in total. The largest absolute Gasteiger partial charge is 0.493 e. The Bertz CT molecular complexity index is 839. The third-order valence-electron chi connectivity index (χ3n) is 5.50. The van der Waals surface area contributed by atoms with E-state index in [0.717, 1.165) is 51.8 Å². The van der Waals surface area contributed by atoms with E-state index < -0.39 is 0 Å². The normalized spacial score (nSPS) is 16.4. The van der Waals surface area contributed by atoms with Gasteiger partial charge in [0.05, 0.1) is 12.9 Å². The van der Waals surface area contributed by atoms with Crippen molar-refractivity contribution in [3.05, 3.63) is 35.1 Å². The van der Waals surface area contributed by atoms with Gasteiger partial charge in [-0.2, -0.15) is 0 Å². The lowest BCUT2D eigenvalue weighted by molar-refractivity contribution is -0.117. The molecule has 1 aliphatic rings. The molecule has 0 radical (unpaired) electrons. The number of amides is 1. The molecule has 3 rings (SSSR count). The third kappa shape index (κ3) is 4.37. The molecule has 1 heterocycles. The minimum Gasteiger partial charge on any atom is -0.493 e. The zero-order valence-electron chi connectivity index (χ0n) is 17.0. The number of benzene rings is 1. The number of aryl methyl sites for hydroxylation is 2. The minimum absolute atomic E-state index is 0.0106. The van der Waals surface area contributed by atoms with Gasteiger partial charge in [-0.1, -0.05) is 25.7 Å². The second-order valence-corrected chi connectivity index (χ2v) is 7.63. The molecule has 0 atom stereocenters. The van der Waals surface area contributed by atoms with Gasteiger partial charge in [0.2, 0.25) is 5.91 Å². The molecule has 1 saturated carbocycles. The van der Waals surface area contributed by atoms with Gasteiger partial charge in [0.15, 0.2) is 0 Å². The molecule has 0 aliphatic heterocycles. The Balaban J connectivity index is 1.89. The molecule has 146 valence electrons. The molecule has 0 spiro atoms. The summed E-state index contributed by atoms with van der Waals surface area (Å²) in [6, 6.07) is 2.38. The van der Waals surface area contributed by atoms with Gasteiger partial charge in [0.25, 0.3) is 0 Å². The lowest BCUT2D eigenvalue weighted by Gasteiger charge is -2.16. The number of allylic oxidation sites excluding steroid dienone is 1. The Morgan fingerprint density at radius 2 is 1.96 bits per heavy atom. The smallest absolute Gasteiger partial charge is 0.244 e. The second kappa shape index (κ2) is 8.64. The van der Waals surface area contributed by atoms with Crippen LogP contribution >= 0.6 is 0 Å². The molecule has 0 unspecified atom stereocenters. The van der Waals surface area contributed by atoms with Crippen molar-refractivity contribution in [3.8, 4) is 5.75 Å². The van der Waals surface area contributed by atoms with E-state index >= 15 is 0 Å². The van der Waals surface area contributed by atoms with E-state index in [1.54, 1.807) is 12.3 Å². The molecular formula is C23H31NO3. The standard InChI is InChI=1S/C23H31NO3/c1-5-26-22-17(4)23-20(16(3)14-27-23)13-19(22)15(2)12-21(25)24-18-10-8-6-7-9-11-18/h12-14,18H,5-11H2,1-4H3,(H,24,25)/b15-12+. The molecule has 0 bridgehead atoms. The van der Waals surface area contributed by atoms with Gasteiger partial charge in [0, 0.05) is 28.6 Å². The molecule has 1 aromatic carbocycles. The van der Waals surface area contributed by atoms with E-state index in [-0.39, 0.29) is 5.91 Å². The molecule has 1 N–H and O–H groups in total. The highest BCUT2D eigenvalue weighted by Crippen LogP contribution is 2.37. The van der Waals surface area contributed by atoms with Crippen molar-refractivity contribution >= 4 is 22.4 Å². The fourth-order valence-corrected chi connectivity index (χ4v) is 4.00. The number of hydrogen-bond acceptors (Lipinski definition) is 3. The van der Waals surface area contributed by atoms with Gasteiger partial charge in [-0.25, -0.2) is 0 Å². The van der Waals surface area contributed by atoms with E-state index in [1.165, 1.54) is 25.7 Å². The number of nitrogens with one attached hydrogen (secondary N) is 1. The molecule has 1 fully saturated rings. The number of ether oxygens (including phenoxy) is 1. The monoisotopic (exact) mass is 369 g/mol. The highest BCUT2D eigenvalue weighted by Gasteiger charge is 2.18. The van der Waals surface area contributed by atoms with Crippen molar-refractivity contribution in [2.45, 2.75) is 72.3 Å². The van der Waals surface area contributed by atoms with Crippen LogP contribution in [0.5, 0.6) is 5.75 Å². The number of fused-ring (bicyclic) bond motifs is 1. The second-order valence-electron chi connectivity index (χ2n) is 7.63. The summed E-state index contributed by atoms with van der Waals surface area (Å²) in [4.78, 5) is 12.6. The van der Waals surface area contributed by atoms with Crippen LogP contribution in [0.4, 0.5) is 0 Å². The van der Waals surface area contributed by atoms with Crippen LogP contribution in [0, 0.1) is 13.8 Å². The van der Waals surface area contributed by atoms with Crippen molar-refractivity contribution in [1.82, 2.24) is 5.32 Å². The zero-order chi connectivity index (χ0) is 19.4. The van der Waals surface area contributed by atoms with Crippen LogP contribution < -0.4 is 10.1 Å². The van der Waals surface area contributed by atoms with Gasteiger partial charge in [-0.15, -0.1) is 0 Å². The van der Waals surface area contributed by atoms with Crippen molar-refractivity contribution in [3.63, 3.8) is 0 Å². The van der Waals surface area contributed by atoms with Crippen molar-refractivity contribution in [2.75, 3.05) is 6.61 Å². The maximum atomic E-state index is 12.6. The third-order valence-corrected chi connectivity index (χ3v) is 5.50. The van der Waals surface area contributed by atoms with Crippen molar-refractivity contribution < 1.29 is 13.9 Å². The van der Waals surface area contributed by atoms with Gasteiger partial charge < -0.3 is 14.5 Å². The first-order valence-corrected chi connectivity index (χ1v) is 10.1. The Labute approximate surface area is 162 Å². The van der Waals surface area contributed by atoms with Crippen LogP contribution in [0.25, 0.3) is 16.5 Å². The molecule has 27 heavy (non-hydrogen) atoms. The Morgan fingerprint density at radius 1 is 1.26 bits per heavy atom. The van der Waals surface area contributed by atoms with Crippen LogP contribution in [0.1, 0.15) is 69.1 Å². The number of carbonyl (C=O) groups excluding carboxylic acids is 1. The lowest BCUT2D eigenvalue weighted by atomic mass is 9.98. The van der Waals surface area contributed by atoms with Gasteiger partial charge in [-0.3, -0.25) is 4.79 Å². The summed E-state index contributed by atoms with van der Waals surface area (Å²) in [6.45, 7) is 8.57. The lowest BCUT2D eigenvalue weighted by Crippen LogP contribution is -2.33. The van der Waals surface area contributed by atoms with E-state index in [9.17, 15) is 4.79 Å². The van der Waals surface area contributed by atoms with Gasteiger partial charge in [0.1, 0.15) is 11.3 Å². The van der Waals surface area contributed by atoms with E-state index in [1.807, 2.05) is 27.7 Å². The first-order chi connectivity index (χ1) is 13.0. The first-order valence-electron chi connectivity index (χ1n) is 10.1. The highest BCUT2D eigenvalue weighted by atomic mass is 16.5. The summed E-state index contributed by atoms with van der Waals surface area (Å²) in [6.07, 6.45) is 10.6. The SMILES string of the molecule is CCOc1c(/C(C)=C/C(=O)NC2CCCCCC2)cc2c(C)coc2c1C. The number of rotatable bonds is 5.